The summed E-state index contributed by atoms with van der Waals surface area (Å²) in [6, 6.07) is 20.8. The van der Waals surface area contributed by atoms with Gasteiger partial charge < -0.3 is 15.9 Å². The highest BCUT2D eigenvalue weighted by atomic mass is 16.3. The highest BCUT2D eigenvalue weighted by Crippen LogP contribution is 2.28. The maximum absolute atomic E-state index is 5.94. The summed E-state index contributed by atoms with van der Waals surface area (Å²) in [5.74, 6) is 1.69. The zero-order valence-corrected chi connectivity index (χ0v) is 13.2. The molecule has 0 aliphatic heterocycles. The van der Waals surface area contributed by atoms with E-state index in [9.17, 15) is 0 Å². The number of hydrogen-bond acceptors (Lipinski definition) is 3. The molecule has 1 heterocycles. The molecule has 0 amide bonds. The molecule has 0 fully saturated rings. The molecule has 0 spiro atoms. The Morgan fingerprint density at radius 2 is 1.00 bits per heavy atom. The van der Waals surface area contributed by atoms with E-state index in [0.29, 0.717) is 13.1 Å². The molecule has 1 aromatic heterocycles. The predicted molar refractivity (Wildman–Crippen MR) is 93.0 cm³/mol. The molecule has 0 bridgehead atoms. The first-order chi connectivity index (χ1) is 11.3. The van der Waals surface area contributed by atoms with Crippen LogP contribution in [0.5, 0.6) is 0 Å². The third-order valence-corrected chi connectivity index (χ3v) is 4.10. The van der Waals surface area contributed by atoms with Crippen LogP contribution in [0.15, 0.2) is 65.1 Å². The Balaban J connectivity index is 2.00. The smallest absolute Gasteiger partial charge is 0.121 e. The second-order valence-electron chi connectivity index (χ2n) is 5.64. The van der Waals surface area contributed by atoms with Gasteiger partial charge >= 0.3 is 0 Å². The molecule has 0 aliphatic rings. The number of furan rings is 1. The SMILES string of the molecule is NCc1oc(CN)c(Cc2ccccc2)c1Cc1ccccc1. The Bertz CT molecular complexity index is 684. The van der Waals surface area contributed by atoms with Gasteiger partial charge in [-0.15, -0.1) is 0 Å². The number of hydrogen-bond donors (Lipinski definition) is 2. The fourth-order valence-corrected chi connectivity index (χ4v) is 2.95. The maximum atomic E-state index is 5.94. The van der Waals surface area contributed by atoms with Gasteiger partial charge in [-0.3, -0.25) is 0 Å². The van der Waals surface area contributed by atoms with E-state index in [4.69, 9.17) is 15.9 Å². The normalized spacial score (nSPS) is 10.9. The molecule has 3 nitrogen and oxygen atoms in total. The summed E-state index contributed by atoms with van der Waals surface area (Å²) in [7, 11) is 0. The first kappa shape index (κ1) is 15.5. The molecular formula is C20H22N2O. The third kappa shape index (κ3) is 3.52. The Labute approximate surface area is 136 Å². The van der Waals surface area contributed by atoms with Crippen LogP contribution in [0.4, 0.5) is 0 Å². The lowest BCUT2D eigenvalue weighted by Gasteiger charge is -2.07. The van der Waals surface area contributed by atoms with E-state index in [1.165, 1.54) is 22.3 Å². The second-order valence-corrected chi connectivity index (χ2v) is 5.64. The van der Waals surface area contributed by atoms with Gasteiger partial charge in [-0.25, -0.2) is 0 Å². The third-order valence-electron chi connectivity index (χ3n) is 4.10. The molecular weight excluding hydrogens is 284 g/mol. The standard InChI is InChI=1S/C20H22N2O/c21-13-19-17(11-15-7-3-1-4-8-15)18(20(14-22)23-19)12-16-9-5-2-6-10-16/h1-10H,11-14,21-22H2. The molecule has 4 N–H and O–H groups in total. The van der Waals surface area contributed by atoms with Crippen LogP contribution in [0.3, 0.4) is 0 Å². The van der Waals surface area contributed by atoms with Crippen LogP contribution >= 0.6 is 0 Å². The van der Waals surface area contributed by atoms with Crippen molar-refractivity contribution >= 4 is 0 Å². The van der Waals surface area contributed by atoms with Crippen molar-refractivity contribution in [2.24, 2.45) is 11.5 Å². The van der Waals surface area contributed by atoms with Crippen molar-refractivity contribution in [1.29, 1.82) is 0 Å². The monoisotopic (exact) mass is 306 g/mol. The van der Waals surface area contributed by atoms with Gasteiger partial charge in [0.15, 0.2) is 0 Å². The average Bonchev–Trinajstić information content (AvgIpc) is 2.93. The van der Waals surface area contributed by atoms with Crippen molar-refractivity contribution in [1.82, 2.24) is 0 Å². The van der Waals surface area contributed by atoms with Crippen LogP contribution in [0, 0.1) is 0 Å². The lowest BCUT2D eigenvalue weighted by atomic mass is 9.95. The van der Waals surface area contributed by atoms with Gasteiger partial charge in [-0.2, -0.15) is 0 Å². The van der Waals surface area contributed by atoms with Crippen LogP contribution in [-0.4, -0.2) is 0 Å². The minimum Gasteiger partial charge on any atom is -0.463 e. The van der Waals surface area contributed by atoms with Gasteiger partial charge in [0.2, 0.25) is 0 Å². The molecule has 2 aromatic carbocycles. The Morgan fingerprint density at radius 1 is 0.609 bits per heavy atom. The van der Waals surface area contributed by atoms with Crippen LogP contribution in [-0.2, 0) is 25.9 Å². The first-order valence-electron chi connectivity index (χ1n) is 7.92. The van der Waals surface area contributed by atoms with Gasteiger partial charge in [0.05, 0.1) is 13.1 Å². The molecule has 0 atom stereocenters. The van der Waals surface area contributed by atoms with Crippen molar-refractivity contribution < 1.29 is 4.42 Å². The minimum absolute atomic E-state index is 0.393. The molecule has 0 saturated heterocycles. The van der Waals surface area contributed by atoms with Gasteiger partial charge in [0, 0.05) is 24.0 Å². The van der Waals surface area contributed by atoms with E-state index < -0.39 is 0 Å². The molecule has 0 aliphatic carbocycles. The molecule has 0 saturated carbocycles. The average molecular weight is 306 g/mol. The summed E-state index contributed by atoms with van der Waals surface area (Å²) in [6.07, 6.45) is 1.64. The molecule has 0 unspecified atom stereocenters. The number of rotatable bonds is 6. The topological polar surface area (TPSA) is 65.2 Å². The van der Waals surface area contributed by atoms with E-state index in [2.05, 4.69) is 48.5 Å². The Hall–Kier alpha value is -2.36. The summed E-state index contributed by atoms with van der Waals surface area (Å²) < 4.78 is 5.94. The van der Waals surface area contributed by atoms with Crippen molar-refractivity contribution in [3.05, 3.63) is 94.4 Å². The summed E-state index contributed by atoms with van der Waals surface area (Å²) in [5.41, 5.74) is 16.7. The first-order valence-corrected chi connectivity index (χ1v) is 7.92. The van der Waals surface area contributed by atoms with Crippen LogP contribution < -0.4 is 11.5 Å². The van der Waals surface area contributed by atoms with Gasteiger partial charge in [0.1, 0.15) is 11.5 Å². The number of benzene rings is 2. The molecule has 23 heavy (non-hydrogen) atoms. The zero-order chi connectivity index (χ0) is 16.1. The van der Waals surface area contributed by atoms with Crippen molar-refractivity contribution in [3.63, 3.8) is 0 Å². The largest absolute Gasteiger partial charge is 0.463 e. The van der Waals surface area contributed by atoms with E-state index in [-0.39, 0.29) is 0 Å². The summed E-state index contributed by atoms with van der Waals surface area (Å²) in [4.78, 5) is 0. The maximum Gasteiger partial charge on any atom is 0.121 e. The zero-order valence-electron chi connectivity index (χ0n) is 13.2. The molecule has 118 valence electrons. The Kier molecular flexibility index (Phi) is 4.91. The highest BCUT2D eigenvalue weighted by Gasteiger charge is 2.19. The fraction of sp³-hybridized carbons (Fsp3) is 0.200. The molecule has 3 heteroatoms. The summed E-state index contributed by atoms with van der Waals surface area (Å²) in [6.45, 7) is 0.786. The fourth-order valence-electron chi connectivity index (χ4n) is 2.95. The van der Waals surface area contributed by atoms with E-state index in [1.54, 1.807) is 0 Å². The van der Waals surface area contributed by atoms with E-state index in [1.807, 2.05) is 12.1 Å². The quantitative estimate of drug-likeness (QED) is 0.734. The van der Waals surface area contributed by atoms with Crippen molar-refractivity contribution in [3.8, 4) is 0 Å². The summed E-state index contributed by atoms with van der Waals surface area (Å²) >= 11 is 0. The Morgan fingerprint density at radius 3 is 1.35 bits per heavy atom. The molecule has 0 radical (unpaired) electrons. The lowest BCUT2D eigenvalue weighted by molar-refractivity contribution is 0.464. The van der Waals surface area contributed by atoms with Gasteiger partial charge in [-0.1, -0.05) is 60.7 Å². The summed E-state index contributed by atoms with van der Waals surface area (Å²) in [5, 5.41) is 0. The molecule has 3 rings (SSSR count). The highest BCUT2D eigenvalue weighted by molar-refractivity contribution is 5.41. The van der Waals surface area contributed by atoms with E-state index in [0.717, 1.165) is 24.4 Å². The van der Waals surface area contributed by atoms with E-state index >= 15 is 0 Å². The predicted octanol–water partition coefficient (Wildman–Crippen LogP) is 3.38. The minimum atomic E-state index is 0.393. The van der Waals surface area contributed by atoms with Crippen molar-refractivity contribution in [2.45, 2.75) is 25.9 Å². The van der Waals surface area contributed by atoms with Crippen LogP contribution in [0.1, 0.15) is 33.8 Å². The van der Waals surface area contributed by atoms with Gasteiger partial charge in [-0.05, 0) is 11.1 Å². The lowest BCUT2D eigenvalue weighted by Crippen LogP contribution is -2.03. The number of nitrogens with two attached hydrogens (primary N) is 2. The van der Waals surface area contributed by atoms with Crippen LogP contribution in [0.2, 0.25) is 0 Å². The second kappa shape index (κ2) is 7.27. The van der Waals surface area contributed by atoms with Gasteiger partial charge in [0.25, 0.3) is 0 Å². The molecule has 3 aromatic rings. The van der Waals surface area contributed by atoms with Crippen LogP contribution in [0.25, 0.3) is 0 Å². The van der Waals surface area contributed by atoms with Crippen molar-refractivity contribution in [2.75, 3.05) is 0 Å².